The maximum atomic E-state index is 15.1. The zero-order valence-corrected chi connectivity index (χ0v) is 21.3. The molecule has 0 aliphatic heterocycles. The molecule has 0 radical (unpaired) electrons. The molecule has 0 nitrogen and oxygen atoms in total. The first-order valence-electron chi connectivity index (χ1n) is 13.6. The molecule has 4 saturated carbocycles. The first kappa shape index (κ1) is 23.4. The van der Waals surface area contributed by atoms with Crippen molar-refractivity contribution in [2.75, 3.05) is 6.26 Å². The predicted octanol–water partition coefficient (Wildman–Crippen LogP) is 9.08. The standard InChI is InChI=1S/C28H49FS/c1-5-6-7-8-9-10-11-20-13-15-23-22-14-12-21-18-26(30-4)25(29)19-28(21,3)24(22)16-17-27(20,23)2/h20-26H,5-19H2,1-4H3/t20-,21-,22-,23-,24-,25-,26-,27+,28-/m0/s1. The Morgan fingerprint density at radius 3 is 2.37 bits per heavy atom. The molecule has 0 aromatic carbocycles. The molecule has 0 bridgehead atoms. The van der Waals surface area contributed by atoms with Crippen LogP contribution >= 0.6 is 11.8 Å². The van der Waals surface area contributed by atoms with Gasteiger partial charge in [-0.05, 0) is 104 Å². The van der Waals surface area contributed by atoms with Crippen LogP contribution in [0.4, 0.5) is 4.39 Å². The topological polar surface area (TPSA) is 0 Å². The van der Waals surface area contributed by atoms with Gasteiger partial charge in [-0.2, -0.15) is 11.8 Å². The van der Waals surface area contributed by atoms with E-state index in [1.807, 2.05) is 0 Å². The van der Waals surface area contributed by atoms with Gasteiger partial charge in [-0.3, -0.25) is 0 Å². The van der Waals surface area contributed by atoms with Crippen molar-refractivity contribution in [2.24, 2.45) is 40.4 Å². The summed E-state index contributed by atoms with van der Waals surface area (Å²) in [5.41, 5.74) is 0.882. The SMILES string of the molecule is CCCCCCCC[C@H]1CC[C@H]2[C@@H]3CC[C@H]4C[C@H](SC)[C@@H](F)C[C@]4(C)[C@H]3CC[C@]12C. The van der Waals surface area contributed by atoms with Crippen LogP contribution in [0.2, 0.25) is 0 Å². The summed E-state index contributed by atoms with van der Waals surface area (Å²) in [5.74, 6) is 4.41. The lowest BCUT2D eigenvalue weighted by molar-refractivity contribution is -0.121. The van der Waals surface area contributed by atoms with Gasteiger partial charge in [0.2, 0.25) is 0 Å². The Kier molecular flexibility index (Phi) is 7.53. The second-order valence-electron chi connectivity index (χ2n) is 12.3. The molecule has 4 aliphatic carbocycles. The molecule has 174 valence electrons. The maximum absolute atomic E-state index is 15.1. The zero-order chi connectivity index (χ0) is 21.4. The van der Waals surface area contributed by atoms with E-state index in [1.54, 1.807) is 11.8 Å². The smallest absolute Gasteiger partial charge is 0.112 e. The molecule has 4 rings (SSSR count). The van der Waals surface area contributed by atoms with E-state index in [1.165, 1.54) is 83.5 Å². The second kappa shape index (κ2) is 9.64. The van der Waals surface area contributed by atoms with E-state index in [9.17, 15) is 0 Å². The molecule has 4 aliphatic rings. The van der Waals surface area contributed by atoms with E-state index in [0.29, 0.717) is 5.41 Å². The first-order chi connectivity index (χ1) is 14.4. The molecule has 9 atom stereocenters. The third kappa shape index (κ3) is 4.14. The van der Waals surface area contributed by atoms with Crippen LogP contribution in [0, 0.1) is 40.4 Å². The minimum Gasteiger partial charge on any atom is -0.246 e. The van der Waals surface area contributed by atoms with Gasteiger partial charge in [0.1, 0.15) is 6.17 Å². The molecule has 4 fully saturated rings. The molecular formula is C28H49FS. The molecule has 30 heavy (non-hydrogen) atoms. The minimum atomic E-state index is -0.572. The number of unbranched alkanes of at least 4 members (excludes halogenated alkanes) is 5. The highest BCUT2D eigenvalue weighted by atomic mass is 32.2. The van der Waals surface area contributed by atoms with Gasteiger partial charge < -0.3 is 0 Å². The number of halogens is 1. The van der Waals surface area contributed by atoms with Gasteiger partial charge in [0, 0.05) is 5.25 Å². The molecule has 0 heterocycles. The quantitative estimate of drug-likeness (QED) is 0.342. The molecule has 0 N–H and O–H groups in total. The van der Waals surface area contributed by atoms with E-state index in [2.05, 4.69) is 27.0 Å². The lowest BCUT2D eigenvalue weighted by atomic mass is 9.44. The summed E-state index contributed by atoms with van der Waals surface area (Å²) in [7, 11) is 0. The maximum Gasteiger partial charge on any atom is 0.112 e. The Balaban J connectivity index is 1.39. The monoisotopic (exact) mass is 436 g/mol. The molecule has 0 aromatic rings. The molecule has 2 heteroatoms. The predicted molar refractivity (Wildman–Crippen MR) is 131 cm³/mol. The second-order valence-corrected chi connectivity index (χ2v) is 13.3. The lowest BCUT2D eigenvalue weighted by Crippen LogP contribution is -2.55. The van der Waals surface area contributed by atoms with Gasteiger partial charge >= 0.3 is 0 Å². The molecule has 0 unspecified atom stereocenters. The van der Waals surface area contributed by atoms with Crippen LogP contribution in [0.1, 0.15) is 117 Å². The average molecular weight is 437 g/mol. The van der Waals surface area contributed by atoms with Crippen molar-refractivity contribution in [1.29, 1.82) is 0 Å². The van der Waals surface area contributed by atoms with Crippen LogP contribution in [0.5, 0.6) is 0 Å². The third-order valence-electron chi connectivity index (χ3n) is 11.0. The van der Waals surface area contributed by atoms with Crippen LogP contribution < -0.4 is 0 Å². The number of hydrogen-bond donors (Lipinski definition) is 0. The Hall–Kier alpha value is 0.280. The van der Waals surface area contributed by atoms with Crippen LogP contribution in [-0.4, -0.2) is 17.7 Å². The molecule has 0 saturated heterocycles. The van der Waals surface area contributed by atoms with Crippen LogP contribution in [-0.2, 0) is 0 Å². The van der Waals surface area contributed by atoms with Crippen molar-refractivity contribution in [3.05, 3.63) is 0 Å². The Labute approximate surface area is 191 Å². The van der Waals surface area contributed by atoms with E-state index >= 15 is 4.39 Å². The average Bonchev–Trinajstić information content (AvgIpc) is 3.06. The molecule has 0 aromatic heterocycles. The van der Waals surface area contributed by atoms with Crippen LogP contribution in [0.15, 0.2) is 0 Å². The van der Waals surface area contributed by atoms with E-state index in [4.69, 9.17) is 0 Å². The number of rotatable bonds is 8. The molecule has 0 spiro atoms. The minimum absolute atomic E-state index is 0.265. The fraction of sp³-hybridized carbons (Fsp3) is 1.00. The van der Waals surface area contributed by atoms with Crippen molar-refractivity contribution >= 4 is 11.8 Å². The summed E-state index contributed by atoms with van der Waals surface area (Å²) in [4.78, 5) is 0. The summed E-state index contributed by atoms with van der Waals surface area (Å²) >= 11 is 1.79. The van der Waals surface area contributed by atoms with E-state index in [-0.39, 0.29) is 10.7 Å². The summed E-state index contributed by atoms with van der Waals surface area (Å²) in [6, 6.07) is 0. The Bertz CT molecular complexity index is 563. The third-order valence-corrected chi connectivity index (χ3v) is 12.1. The van der Waals surface area contributed by atoms with Crippen molar-refractivity contribution in [1.82, 2.24) is 0 Å². The number of hydrogen-bond acceptors (Lipinski definition) is 1. The molecular weight excluding hydrogens is 387 g/mol. The Morgan fingerprint density at radius 1 is 0.867 bits per heavy atom. The Morgan fingerprint density at radius 2 is 1.60 bits per heavy atom. The van der Waals surface area contributed by atoms with Gasteiger partial charge in [0.15, 0.2) is 0 Å². The van der Waals surface area contributed by atoms with Crippen LogP contribution in [0.25, 0.3) is 0 Å². The van der Waals surface area contributed by atoms with Crippen molar-refractivity contribution in [3.8, 4) is 0 Å². The highest BCUT2D eigenvalue weighted by molar-refractivity contribution is 7.99. The van der Waals surface area contributed by atoms with E-state index in [0.717, 1.165) is 42.4 Å². The highest BCUT2D eigenvalue weighted by Gasteiger charge is 2.60. The van der Waals surface area contributed by atoms with Gasteiger partial charge in [0.05, 0.1) is 0 Å². The van der Waals surface area contributed by atoms with Gasteiger partial charge in [-0.1, -0.05) is 59.3 Å². The van der Waals surface area contributed by atoms with E-state index < -0.39 is 6.17 Å². The summed E-state index contributed by atoms with van der Waals surface area (Å²) in [5, 5.41) is 0.265. The highest BCUT2D eigenvalue weighted by Crippen LogP contribution is 2.68. The van der Waals surface area contributed by atoms with Gasteiger partial charge in [-0.25, -0.2) is 4.39 Å². The van der Waals surface area contributed by atoms with Crippen molar-refractivity contribution in [3.63, 3.8) is 0 Å². The van der Waals surface area contributed by atoms with Crippen molar-refractivity contribution < 1.29 is 4.39 Å². The molecule has 0 amide bonds. The van der Waals surface area contributed by atoms with Crippen LogP contribution in [0.3, 0.4) is 0 Å². The van der Waals surface area contributed by atoms with Gasteiger partial charge in [-0.15, -0.1) is 0 Å². The van der Waals surface area contributed by atoms with Gasteiger partial charge in [0.25, 0.3) is 0 Å². The fourth-order valence-electron chi connectivity index (χ4n) is 9.22. The summed E-state index contributed by atoms with van der Waals surface area (Å²) in [6.07, 6.45) is 22.3. The van der Waals surface area contributed by atoms with Crippen molar-refractivity contribution in [2.45, 2.75) is 129 Å². The first-order valence-corrected chi connectivity index (χ1v) is 14.9. The largest absolute Gasteiger partial charge is 0.246 e. The zero-order valence-electron chi connectivity index (χ0n) is 20.4. The number of alkyl halides is 1. The number of thioether (sulfide) groups is 1. The summed E-state index contributed by atoms with van der Waals surface area (Å²) in [6.45, 7) is 7.51. The normalized spacial score (nSPS) is 48.1. The lowest BCUT2D eigenvalue weighted by Gasteiger charge is -2.61. The fourth-order valence-corrected chi connectivity index (χ4v) is 10.0. The number of fused-ring (bicyclic) bond motifs is 5. The summed E-state index contributed by atoms with van der Waals surface area (Å²) < 4.78 is 15.1.